The van der Waals surface area contributed by atoms with Crippen LogP contribution in [0.4, 0.5) is 5.69 Å². The van der Waals surface area contributed by atoms with Gasteiger partial charge < -0.3 is 5.11 Å². The van der Waals surface area contributed by atoms with Crippen molar-refractivity contribution in [2.24, 2.45) is 0 Å². The summed E-state index contributed by atoms with van der Waals surface area (Å²) in [5, 5.41) is 21.4. The van der Waals surface area contributed by atoms with E-state index in [-0.39, 0.29) is 10.6 Å². The van der Waals surface area contributed by atoms with Gasteiger partial charge in [0.2, 0.25) is 0 Å². The molecule has 19 heavy (non-hydrogen) atoms. The molecule has 0 atom stereocenters. The van der Waals surface area contributed by atoms with Crippen molar-refractivity contribution < 1.29 is 14.8 Å². The lowest BCUT2D eigenvalue weighted by atomic mass is 10.4. The number of rotatable bonds is 4. The van der Waals surface area contributed by atoms with Gasteiger partial charge in [-0.1, -0.05) is 11.8 Å². The molecule has 0 amide bonds. The maximum Gasteiger partial charge on any atom is 0.345 e. The smallest absolute Gasteiger partial charge is 0.345 e. The Hall–Kier alpha value is -1.45. The molecule has 6 nitrogen and oxygen atoms in total. The molecule has 0 spiro atoms. The molecule has 0 aliphatic rings. The van der Waals surface area contributed by atoms with Crippen molar-refractivity contribution in [2.45, 2.75) is 9.79 Å². The van der Waals surface area contributed by atoms with E-state index in [1.54, 1.807) is 5.38 Å². The Balaban J connectivity index is 2.37. The van der Waals surface area contributed by atoms with Crippen LogP contribution < -0.4 is 0 Å². The molecule has 1 N–H and O–H groups in total. The molecule has 0 fully saturated rings. The summed E-state index contributed by atoms with van der Waals surface area (Å²) in [6.07, 6.45) is 2.62. The van der Waals surface area contributed by atoms with Gasteiger partial charge in [0, 0.05) is 16.5 Å². The van der Waals surface area contributed by atoms with Gasteiger partial charge in [-0.2, -0.15) is 0 Å². The molecule has 0 bridgehead atoms. The van der Waals surface area contributed by atoms with Gasteiger partial charge in [0.05, 0.1) is 9.40 Å². The Bertz CT molecular complexity index is 659. The second-order valence-corrected chi connectivity index (χ2v) is 6.13. The molecule has 2 heterocycles. The van der Waals surface area contributed by atoms with Crippen LogP contribution in [0.2, 0.25) is 0 Å². The van der Waals surface area contributed by atoms with E-state index >= 15 is 0 Å². The number of carbonyl (C=O) groups is 1. The molecule has 0 aliphatic carbocycles. The monoisotopic (exact) mass is 360 g/mol. The van der Waals surface area contributed by atoms with Crippen molar-refractivity contribution in [1.82, 2.24) is 4.98 Å². The molecule has 9 heteroatoms. The van der Waals surface area contributed by atoms with Crippen molar-refractivity contribution in [3.63, 3.8) is 0 Å². The fourth-order valence-corrected chi connectivity index (χ4v) is 3.62. The quantitative estimate of drug-likeness (QED) is 0.660. The number of nitrogens with zero attached hydrogens (tertiary/aromatic N) is 2. The molecule has 2 aromatic heterocycles. The first kappa shape index (κ1) is 14.0. The molecule has 0 aromatic carbocycles. The predicted molar refractivity (Wildman–Crippen MR) is 74.0 cm³/mol. The number of thiophene rings is 1. The molecule has 2 rings (SSSR count). The highest BCUT2D eigenvalue weighted by Gasteiger charge is 2.19. The van der Waals surface area contributed by atoms with Crippen molar-refractivity contribution in [2.75, 3.05) is 0 Å². The second kappa shape index (κ2) is 5.68. The van der Waals surface area contributed by atoms with Crippen molar-refractivity contribution in [3.8, 4) is 0 Å². The topological polar surface area (TPSA) is 93.3 Å². The number of carboxylic acids is 1. The molecular weight excluding hydrogens is 356 g/mol. The summed E-state index contributed by atoms with van der Waals surface area (Å²) in [6, 6.07) is 1.48. The zero-order valence-electron chi connectivity index (χ0n) is 9.07. The van der Waals surface area contributed by atoms with Crippen molar-refractivity contribution in [1.29, 1.82) is 0 Å². The summed E-state index contributed by atoms with van der Waals surface area (Å²) in [7, 11) is 0. The van der Waals surface area contributed by atoms with Gasteiger partial charge >= 0.3 is 11.7 Å². The fraction of sp³-hybridized carbons (Fsp3) is 0. The average Bonchev–Trinajstić information content (AvgIpc) is 2.80. The lowest BCUT2D eigenvalue weighted by Crippen LogP contribution is -1.93. The van der Waals surface area contributed by atoms with Crippen LogP contribution in [-0.4, -0.2) is 21.0 Å². The Labute approximate surface area is 123 Å². The van der Waals surface area contributed by atoms with Crippen LogP contribution in [0.3, 0.4) is 0 Å². The van der Waals surface area contributed by atoms with E-state index in [9.17, 15) is 14.9 Å². The van der Waals surface area contributed by atoms with Gasteiger partial charge in [-0.25, -0.2) is 4.79 Å². The molecule has 0 saturated heterocycles. The van der Waals surface area contributed by atoms with Crippen LogP contribution >= 0.6 is 39.0 Å². The molecule has 0 radical (unpaired) electrons. The van der Waals surface area contributed by atoms with Crippen LogP contribution in [-0.2, 0) is 0 Å². The van der Waals surface area contributed by atoms with E-state index in [1.807, 2.05) is 0 Å². The van der Waals surface area contributed by atoms with Gasteiger partial charge in [-0.15, -0.1) is 11.3 Å². The third kappa shape index (κ3) is 3.11. The summed E-state index contributed by atoms with van der Waals surface area (Å²) < 4.78 is 0.495. The van der Waals surface area contributed by atoms with Crippen LogP contribution in [0.25, 0.3) is 0 Å². The zero-order valence-corrected chi connectivity index (χ0v) is 12.3. The third-order valence-electron chi connectivity index (χ3n) is 2.04. The largest absolute Gasteiger partial charge is 0.477 e. The standard InChI is InChI=1S/C10H5BrN2O4S2/c11-6-2-12-3-7(13(16)17)9(6)19-5-1-8(10(14)15)18-4-5/h1-4H,(H,14,15). The maximum atomic E-state index is 10.9. The second-order valence-electron chi connectivity index (χ2n) is 3.28. The minimum absolute atomic E-state index is 0.123. The number of nitro groups is 1. The molecule has 0 unspecified atom stereocenters. The number of aromatic carboxylic acids is 1. The summed E-state index contributed by atoms with van der Waals surface area (Å²) in [6.45, 7) is 0. The summed E-state index contributed by atoms with van der Waals surface area (Å²) >= 11 is 5.41. The third-order valence-corrected chi connectivity index (χ3v) is 5.07. The van der Waals surface area contributed by atoms with E-state index in [0.29, 0.717) is 14.3 Å². The van der Waals surface area contributed by atoms with Crippen LogP contribution in [0, 0.1) is 10.1 Å². The van der Waals surface area contributed by atoms with E-state index in [2.05, 4.69) is 20.9 Å². The average molecular weight is 361 g/mol. The molecular formula is C10H5BrN2O4S2. The van der Waals surface area contributed by atoms with Crippen LogP contribution in [0.15, 0.2) is 38.1 Å². The van der Waals surface area contributed by atoms with Gasteiger partial charge in [-0.3, -0.25) is 15.1 Å². The normalized spacial score (nSPS) is 10.4. The highest BCUT2D eigenvalue weighted by molar-refractivity contribution is 9.10. The highest BCUT2D eigenvalue weighted by Crippen LogP contribution is 2.40. The molecule has 0 saturated carbocycles. The highest BCUT2D eigenvalue weighted by atomic mass is 79.9. The van der Waals surface area contributed by atoms with Gasteiger partial charge in [0.1, 0.15) is 16.0 Å². The maximum absolute atomic E-state index is 10.9. The summed E-state index contributed by atoms with van der Waals surface area (Å²) in [4.78, 5) is 26.1. The van der Waals surface area contributed by atoms with Crippen molar-refractivity contribution >= 4 is 50.7 Å². The van der Waals surface area contributed by atoms with Crippen molar-refractivity contribution in [3.05, 3.63) is 43.3 Å². The molecule has 2 aromatic rings. The first-order valence-corrected chi connectivity index (χ1v) is 7.25. The van der Waals surface area contributed by atoms with E-state index in [4.69, 9.17) is 5.11 Å². The molecule has 98 valence electrons. The number of carboxylic acid groups (broad SMARTS) is 1. The van der Waals surface area contributed by atoms with Crippen LogP contribution in [0.1, 0.15) is 9.67 Å². The van der Waals surface area contributed by atoms with Gasteiger partial charge in [0.25, 0.3) is 0 Å². The summed E-state index contributed by atoms with van der Waals surface area (Å²) in [5.74, 6) is -1.01. The first-order chi connectivity index (χ1) is 8.99. The zero-order chi connectivity index (χ0) is 14.0. The lowest BCUT2D eigenvalue weighted by Gasteiger charge is -2.02. The van der Waals surface area contributed by atoms with E-state index < -0.39 is 10.9 Å². The number of hydrogen-bond donors (Lipinski definition) is 1. The lowest BCUT2D eigenvalue weighted by molar-refractivity contribution is -0.388. The van der Waals surface area contributed by atoms with Gasteiger partial charge in [0.15, 0.2) is 0 Å². The Morgan fingerprint density at radius 2 is 2.26 bits per heavy atom. The predicted octanol–water partition coefficient (Wildman–Crippen LogP) is 3.66. The minimum atomic E-state index is -1.01. The van der Waals surface area contributed by atoms with Gasteiger partial charge in [-0.05, 0) is 22.0 Å². The minimum Gasteiger partial charge on any atom is -0.477 e. The fourth-order valence-electron chi connectivity index (χ4n) is 1.25. The number of halogens is 1. The number of hydrogen-bond acceptors (Lipinski definition) is 6. The summed E-state index contributed by atoms with van der Waals surface area (Å²) in [5.41, 5.74) is -0.123. The number of pyridine rings is 1. The Morgan fingerprint density at radius 3 is 2.84 bits per heavy atom. The van der Waals surface area contributed by atoms with E-state index in [0.717, 1.165) is 29.3 Å². The van der Waals surface area contributed by atoms with E-state index in [1.165, 1.54) is 12.3 Å². The molecule has 0 aliphatic heterocycles. The Kier molecular flexibility index (Phi) is 4.17. The SMILES string of the molecule is O=C(O)c1cc(Sc2c(Br)cncc2[N+](=O)[O-])cs1. The Morgan fingerprint density at radius 1 is 1.53 bits per heavy atom. The first-order valence-electron chi connectivity index (χ1n) is 4.76. The van der Waals surface area contributed by atoms with Crippen LogP contribution in [0.5, 0.6) is 0 Å². The number of aromatic nitrogens is 1.